The van der Waals surface area contributed by atoms with E-state index < -0.39 is 0 Å². The van der Waals surface area contributed by atoms with Crippen LogP contribution < -0.4 is 4.90 Å². The fourth-order valence-corrected chi connectivity index (χ4v) is 3.09. The molecule has 0 amide bonds. The summed E-state index contributed by atoms with van der Waals surface area (Å²) in [7, 11) is 1.90. The predicted octanol–water partition coefficient (Wildman–Crippen LogP) is 2.04. The van der Waals surface area contributed by atoms with Gasteiger partial charge in [-0.25, -0.2) is 9.97 Å². The summed E-state index contributed by atoms with van der Waals surface area (Å²) in [6.07, 6.45) is 2.39. The van der Waals surface area contributed by atoms with Crippen LogP contribution in [0.5, 0.6) is 0 Å². The van der Waals surface area contributed by atoms with E-state index in [4.69, 9.17) is 21.6 Å². The number of rotatable bonds is 4. The van der Waals surface area contributed by atoms with Gasteiger partial charge in [0.05, 0.1) is 22.6 Å². The smallest absolute Gasteiger partial charge is 0.156 e. The maximum Gasteiger partial charge on any atom is 0.156 e. The molecule has 3 rings (SSSR count). The van der Waals surface area contributed by atoms with Crippen molar-refractivity contribution in [2.24, 2.45) is 0 Å². The molecule has 1 aliphatic rings. The Bertz CT molecular complexity index is 740. The standard InChI is InChI=1S/C15H17ClN6O/c1-9-19-14(21-20-9)11-3-4-23-13(11)8-22(2)15-12(16)5-10(6-17)7-18-15/h5,7,11,13H,3-4,8H2,1-2H3,(H,19,20,21)/t11-,13-/m1/s1. The summed E-state index contributed by atoms with van der Waals surface area (Å²) < 4.78 is 5.85. The second-order valence-electron chi connectivity index (χ2n) is 5.61. The van der Waals surface area contributed by atoms with E-state index in [0.717, 1.165) is 18.1 Å². The third-order valence-electron chi connectivity index (χ3n) is 3.92. The molecule has 23 heavy (non-hydrogen) atoms. The largest absolute Gasteiger partial charge is 0.376 e. The fourth-order valence-electron chi connectivity index (χ4n) is 2.78. The van der Waals surface area contributed by atoms with Crippen LogP contribution in [0.4, 0.5) is 5.82 Å². The molecule has 1 saturated heterocycles. The van der Waals surface area contributed by atoms with Crippen molar-refractivity contribution >= 4 is 17.4 Å². The van der Waals surface area contributed by atoms with E-state index in [0.29, 0.717) is 29.6 Å². The van der Waals surface area contributed by atoms with E-state index in [1.54, 1.807) is 6.07 Å². The van der Waals surface area contributed by atoms with E-state index in [-0.39, 0.29) is 12.0 Å². The minimum Gasteiger partial charge on any atom is -0.376 e. The molecule has 2 atom stereocenters. The fraction of sp³-hybridized carbons (Fsp3) is 0.467. The molecule has 1 fully saturated rings. The van der Waals surface area contributed by atoms with Crippen LogP contribution >= 0.6 is 11.6 Å². The zero-order valence-electron chi connectivity index (χ0n) is 13.0. The van der Waals surface area contributed by atoms with Crippen LogP contribution in [0, 0.1) is 18.3 Å². The topological polar surface area (TPSA) is 90.7 Å². The first-order chi connectivity index (χ1) is 11.1. The maximum absolute atomic E-state index is 8.88. The van der Waals surface area contributed by atoms with Crippen LogP contribution in [0.3, 0.4) is 0 Å². The van der Waals surface area contributed by atoms with Crippen LogP contribution in [-0.2, 0) is 4.74 Å². The second-order valence-corrected chi connectivity index (χ2v) is 6.01. The van der Waals surface area contributed by atoms with Crippen molar-refractivity contribution in [1.82, 2.24) is 20.2 Å². The molecule has 0 bridgehead atoms. The van der Waals surface area contributed by atoms with Gasteiger partial charge in [0.1, 0.15) is 17.7 Å². The molecule has 0 saturated carbocycles. The minimum atomic E-state index is -0.0243. The van der Waals surface area contributed by atoms with E-state index >= 15 is 0 Å². The quantitative estimate of drug-likeness (QED) is 0.921. The number of anilines is 1. The summed E-state index contributed by atoms with van der Waals surface area (Å²) in [5.41, 5.74) is 0.443. The summed E-state index contributed by atoms with van der Waals surface area (Å²) in [4.78, 5) is 10.6. The van der Waals surface area contributed by atoms with E-state index in [2.05, 4.69) is 20.2 Å². The van der Waals surface area contributed by atoms with Crippen molar-refractivity contribution in [1.29, 1.82) is 5.26 Å². The van der Waals surface area contributed by atoms with Crippen molar-refractivity contribution in [2.45, 2.75) is 25.4 Å². The van der Waals surface area contributed by atoms with Gasteiger partial charge >= 0.3 is 0 Å². The molecule has 2 aromatic rings. The molecule has 0 radical (unpaired) electrons. The van der Waals surface area contributed by atoms with Gasteiger partial charge in [0.15, 0.2) is 5.82 Å². The molecule has 2 aromatic heterocycles. The molecular formula is C15H17ClN6O. The molecule has 7 nitrogen and oxygen atoms in total. The van der Waals surface area contributed by atoms with E-state index in [1.165, 1.54) is 6.20 Å². The molecule has 0 aliphatic carbocycles. The number of likely N-dealkylation sites (N-methyl/N-ethyl adjacent to an activating group) is 1. The lowest BCUT2D eigenvalue weighted by atomic mass is 10.0. The molecule has 8 heteroatoms. The first-order valence-electron chi connectivity index (χ1n) is 7.35. The van der Waals surface area contributed by atoms with Gasteiger partial charge < -0.3 is 9.64 Å². The lowest BCUT2D eigenvalue weighted by Crippen LogP contribution is -2.33. The SMILES string of the molecule is Cc1nc([C@@H]2CCO[C@@H]2CN(C)c2ncc(C#N)cc2Cl)n[nH]1. The van der Waals surface area contributed by atoms with Crippen LogP contribution in [0.25, 0.3) is 0 Å². The Labute approximate surface area is 139 Å². The minimum absolute atomic E-state index is 0.0243. The third-order valence-corrected chi connectivity index (χ3v) is 4.20. The highest BCUT2D eigenvalue weighted by Crippen LogP contribution is 2.31. The Morgan fingerprint density at radius 3 is 3.04 bits per heavy atom. The highest BCUT2D eigenvalue weighted by atomic mass is 35.5. The number of ether oxygens (including phenoxy) is 1. The third kappa shape index (κ3) is 3.28. The zero-order chi connectivity index (χ0) is 16.4. The highest BCUT2D eigenvalue weighted by molar-refractivity contribution is 6.33. The number of nitriles is 1. The number of hydrogen-bond donors (Lipinski definition) is 1. The zero-order valence-corrected chi connectivity index (χ0v) is 13.7. The van der Waals surface area contributed by atoms with Gasteiger partial charge in [-0.05, 0) is 19.4 Å². The normalized spacial score (nSPS) is 20.4. The molecule has 1 N–H and O–H groups in total. The van der Waals surface area contributed by atoms with E-state index in [9.17, 15) is 0 Å². The molecular weight excluding hydrogens is 316 g/mol. The Morgan fingerprint density at radius 1 is 1.57 bits per heavy atom. The number of nitrogens with one attached hydrogen (secondary N) is 1. The van der Waals surface area contributed by atoms with E-state index in [1.807, 2.05) is 24.9 Å². The van der Waals surface area contributed by atoms with Crippen molar-refractivity contribution in [3.63, 3.8) is 0 Å². The maximum atomic E-state index is 8.88. The van der Waals surface area contributed by atoms with Crippen molar-refractivity contribution < 1.29 is 4.74 Å². The average Bonchev–Trinajstić information content (AvgIpc) is 3.15. The number of hydrogen-bond acceptors (Lipinski definition) is 6. The lowest BCUT2D eigenvalue weighted by molar-refractivity contribution is 0.108. The van der Waals surface area contributed by atoms with Crippen LogP contribution in [0.2, 0.25) is 5.02 Å². The van der Waals surface area contributed by atoms with Gasteiger partial charge in [-0.2, -0.15) is 10.4 Å². The molecule has 3 heterocycles. The van der Waals surface area contributed by atoms with Crippen molar-refractivity contribution in [2.75, 3.05) is 25.1 Å². The average molecular weight is 333 g/mol. The lowest BCUT2D eigenvalue weighted by Gasteiger charge is -2.25. The number of nitrogens with zero attached hydrogens (tertiary/aromatic N) is 5. The molecule has 120 valence electrons. The van der Waals surface area contributed by atoms with Crippen LogP contribution in [0.15, 0.2) is 12.3 Å². The summed E-state index contributed by atoms with van der Waals surface area (Å²) in [6, 6.07) is 3.64. The number of aromatic amines is 1. The summed E-state index contributed by atoms with van der Waals surface area (Å²) >= 11 is 6.22. The predicted molar refractivity (Wildman–Crippen MR) is 85.4 cm³/mol. The van der Waals surface area contributed by atoms with Crippen LogP contribution in [0.1, 0.15) is 29.6 Å². The van der Waals surface area contributed by atoms with Crippen molar-refractivity contribution in [3.05, 3.63) is 34.5 Å². The van der Waals surface area contributed by atoms with Gasteiger partial charge in [0.25, 0.3) is 0 Å². The van der Waals surface area contributed by atoms with Gasteiger partial charge in [-0.15, -0.1) is 0 Å². The number of halogens is 1. The van der Waals surface area contributed by atoms with Gasteiger partial charge in [0.2, 0.25) is 0 Å². The molecule has 0 aromatic carbocycles. The number of H-pyrrole nitrogens is 1. The van der Waals surface area contributed by atoms with Gasteiger partial charge in [-0.3, -0.25) is 5.10 Å². The first-order valence-corrected chi connectivity index (χ1v) is 7.73. The number of aryl methyl sites for hydroxylation is 1. The number of aromatic nitrogens is 4. The Morgan fingerprint density at radius 2 is 2.39 bits per heavy atom. The van der Waals surface area contributed by atoms with Gasteiger partial charge in [-0.1, -0.05) is 11.6 Å². The number of pyridine rings is 1. The Balaban J connectivity index is 1.74. The first kappa shape index (κ1) is 15.7. The monoisotopic (exact) mass is 332 g/mol. The van der Waals surface area contributed by atoms with Crippen molar-refractivity contribution in [3.8, 4) is 6.07 Å². The Kier molecular flexibility index (Phi) is 4.46. The summed E-state index contributed by atoms with van der Waals surface area (Å²) in [5, 5.41) is 16.5. The van der Waals surface area contributed by atoms with Gasteiger partial charge in [0, 0.05) is 26.4 Å². The molecule has 1 aliphatic heterocycles. The molecule has 0 spiro atoms. The second kappa shape index (κ2) is 6.52. The summed E-state index contributed by atoms with van der Waals surface area (Å²) in [5.74, 6) is 2.37. The Hall–Kier alpha value is -2.17. The van der Waals surface area contributed by atoms with Crippen LogP contribution in [-0.4, -0.2) is 46.5 Å². The molecule has 0 unspecified atom stereocenters. The summed E-state index contributed by atoms with van der Waals surface area (Å²) in [6.45, 7) is 3.19. The highest BCUT2D eigenvalue weighted by Gasteiger charge is 2.33.